The molecule has 1 aliphatic heterocycles. The molecule has 4 heteroatoms. The molecule has 3 rings (SSSR count). The summed E-state index contributed by atoms with van der Waals surface area (Å²) in [4.78, 5) is 14.3. The maximum Gasteiger partial charge on any atom is 0.227 e. The molecule has 1 saturated carbocycles. The summed E-state index contributed by atoms with van der Waals surface area (Å²) in [5.74, 6) is 2.33. The third-order valence-electron chi connectivity index (χ3n) is 4.58. The second-order valence-corrected chi connectivity index (χ2v) is 6.22. The Hall–Kier alpha value is -1.55. The zero-order valence-electron chi connectivity index (χ0n) is 12.6. The van der Waals surface area contributed by atoms with E-state index in [1.807, 2.05) is 36.1 Å². The van der Waals surface area contributed by atoms with E-state index in [1.54, 1.807) is 0 Å². The zero-order chi connectivity index (χ0) is 14.8. The van der Waals surface area contributed by atoms with Crippen LogP contribution in [0.1, 0.15) is 25.3 Å². The van der Waals surface area contributed by atoms with Crippen LogP contribution in [0.3, 0.4) is 0 Å². The first kappa shape index (κ1) is 14.4. The molecule has 2 aliphatic rings. The molecule has 2 fully saturated rings. The molecule has 1 heterocycles. The minimum atomic E-state index is 0.168. The quantitative estimate of drug-likeness (QED) is 0.899. The number of amides is 1. The lowest BCUT2D eigenvalue weighted by Gasteiger charge is -2.16. The van der Waals surface area contributed by atoms with Gasteiger partial charge >= 0.3 is 0 Å². The molecule has 1 aliphatic carbocycles. The second-order valence-electron chi connectivity index (χ2n) is 6.22. The molecule has 2 N–H and O–H groups in total. The maximum absolute atomic E-state index is 12.4. The van der Waals surface area contributed by atoms with Crippen molar-refractivity contribution in [2.45, 2.75) is 32.2 Å². The Labute approximate surface area is 126 Å². The van der Waals surface area contributed by atoms with Crippen molar-refractivity contribution in [1.82, 2.24) is 4.90 Å². The van der Waals surface area contributed by atoms with E-state index in [2.05, 4.69) is 0 Å². The number of carbonyl (C=O) groups is 1. The molecule has 1 saturated heterocycles. The van der Waals surface area contributed by atoms with E-state index < -0.39 is 0 Å². The van der Waals surface area contributed by atoms with Gasteiger partial charge in [-0.2, -0.15) is 0 Å². The number of nitrogens with two attached hydrogens (primary N) is 1. The minimum Gasteiger partial charge on any atom is -0.494 e. The highest BCUT2D eigenvalue weighted by Crippen LogP contribution is 2.40. The molecule has 114 valence electrons. The van der Waals surface area contributed by atoms with E-state index >= 15 is 0 Å². The average molecular weight is 288 g/mol. The van der Waals surface area contributed by atoms with Crippen LogP contribution in [0, 0.1) is 11.8 Å². The molecular weight excluding hydrogens is 264 g/mol. The van der Waals surface area contributed by atoms with Crippen molar-refractivity contribution in [2.24, 2.45) is 17.6 Å². The van der Waals surface area contributed by atoms with Crippen LogP contribution in [0.5, 0.6) is 5.75 Å². The summed E-state index contributed by atoms with van der Waals surface area (Å²) in [7, 11) is 0. The Morgan fingerprint density at radius 1 is 1.29 bits per heavy atom. The van der Waals surface area contributed by atoms with Gasteiger partial charge in [0, 0.05) is 19.1 Å². The van der Waals surface area contributed by atoms with Crippen molar-refractivity contribution in [3.8, 4) is 5.75 Å². The molecule has 4 nitrogen and oxygen atoms in total. The highest BCUT2D eigenvalue weighted by atomic mass is 16.5. The number of rotatable bonds is 5. The Kier molecular flexibility index (Phi) is 4.15. The van der Waals surface area contributed by atoms with E-state index in [0.717, 1.165) is 30.3 Å². The molecule has 0 aromatic heterocycles. The van der Waals surface area contributed by atoms with Crippen LogP contribution in [0.15, 0.2) is 24.3 Å². The number of nitrogens with zero attached hydrogens (tertiary/aromatic N) is 1. The highest BCUT2D eigenvalue weighted by molar-refractivity contribution is 5.79. The van der Waals surface area contributed by atoms with Crippen molar-refractivity contribution >= 4 is 5.91 Å². The molecule has 0 unspecified atom stereocenters. The van der Waals surface area contributed by atoms with Gasteiger partial charge in [0.25, 0.3) is 0 Å². The van der Waals surface area contributed by atoms with Crippen molar-refractivity contribution in [1.29, 1.82) is 0 Å². The first-order chi connectivity index (χ1) is 10.2. The van der Waals surface area contributed by atoms with Gasteiger partial charge in [0.05, 0.1) is 13.0 Å². The van der Waals surface area contributed by atoms with Gasteiger partial charge in [0.15, 0.2) is 0 Å². The molecule has 21 heavy (non-hydrogen) atoms. The summed E-state index contributed by atoms with van der Waals surface area (Å²) < 4.78 is 5.42. The monoisotopic (exact) mass is 288 g/mol. The van der Waals surface area contributed by atoms with Crippen molar-refractivity contribution in [3.05, 3.63) is 29.8 Å². The Morgan fingerprint density at radius 3 is 2.62 bits per heavy atom. The number of carbonyl (C=O) groups excluding carboxylic acids is 1. The third kappa shape index (κ3) is 3.38. The third-order valence-corrected chi connectivity index (χ3v) is 4.58. The van der Waals surface area contributed by atoms with Gasteiger partial charge in [-0.05, 0) is 49.3 Å². The molecular formula is C17H24N2O2. The van der Waals surface area contributed by atoms with Crippen LogP contribution >= 0.6 is 0 Å². The molecule has 0 radical (unpaired) electrons. The molecule has 1 amide bonds. The van der Waals surface area contributed by atoms with E-state index in [1.165, 1.54) is 12.8 Å². The molecule has 0 spiro atoms. The fraction of sp³-hybridized carbons (Fsp3) is 0.588. The Bertz CT molecular complexity index is 496. The van der Waals surface area contributed by atoms with Crippen LogP contribution in [0.2, 0.25) is 0 Å². The topological polar surface area (TPSA) is 55.6 Å². The fourth-order valence-corrected chi connectivity index (χ4v) is 3.24. The summed E-state index contributed by atoms with van der Waals surface area (Å²) in [6, 6.07) is 7.96. The van der Waals surface area contributed by atoms with Crippen molar-refractivity contribution < 1.29 is 9.53 Å². The fourth-order valence-electron chi connectivity index (χ4n) is 3.24. The maximum atomic E-state index is 12.4. The van der Waals surface area contributed by atoms with Gasteiger partial charge in [-0.1, -0.05) is 12.1 Å². The SMILES string of the molecule is CCOc1ccc(CC(=O)N2C[C@@H](N)[C@H](C3CC3)C2)cc1. The standard InChI is InChI=1S/C17H24N2O2/c1-2-21-14-7-3-12(4-8-14)9-17(20)19-10-15(13-5-6-13)16(18)11-19/h3-4,7-8,13,15-16H,2,5-6,9-11,18H2,1H3/t15-,16+/m0/s1. The van der Waals surface area contributed by atoms with Gasteiger partial charge < -0.3 is 15.4 Å². The number of likely N-dealkylation sites (tertiary alicyclic amines) is 1. The molecule has 2 atom stereocenters. The second kappa shape index (κ2) is 6.06. The minimum absolute atomic E-state index is 0.168. The van der Waals surface area contributed by atoms with E-state index in [4.69, 9.17) is 10.5 Å². The van der Waals surface area contributed by atoms with Crippen LogP contribution in [-0.4, -0.2) is 36.5 Å². The van der Waals surface area contributed by atoms with Gasteiger partial charge in [-0.25, -0.2) is 0 Å². The van der Waals surface area contributed by atoms with E-state index in [0.29, 0.717) is 18.9 Å². The lowest BCUT2D eigenvalue weighted by molar-refractivity contribution is -0.129. The lowest BCUT2D eigenvalue weighted by Crippen LogP contribution is -2.33. The van der Waals surface area contributed by atoms with Crippen molar-refractivity contribution in [2.75, 3.05) is 19.7 Å². The van der Waals surface area contributed by atoms with Gasteiger partial charge in [0.1, 0.15) is 5.75 Å². The predicted molar refractivity (Wildman–Crippen MR) is 82.1 cm³/mol. The van der Waals surface area contributed by atoms with Crippen LogP contribution in [0.4, 0.5) is 0 Å². The number of benzene rings is 1. The largest absolute Gasteiger partial charge is 0.494 e. The number of hydrogen-bond donors (Lipinski definition) is 1. The smallest absolute Gasteiger partial charge is 0.227 e. The molecule has 0 bridgehead atoms. The highest BCUT2D eigenvalue weighted by Gasteiger charge is 2.41. The summed E-state index contributed by atoms with van der Waals surface area (Å²) in [5, 5.41) is 0. The normalized spacial score (nSPS) is 25.1. The first-order valence-corrected chi connectivity index (χ1v) is 7.92. The van der Waals surface area contributed by atoms with E-state index in [-0.39, 0.29) is 11.9 Å². The van der Waals surface area contributed by atoms with Gasteiger partial charge in [-0.3, -0.25) is 4.79 Å². The van der Waals surface area contributed by atoms with Crippen LogP contribution < -0.4 is 10.5 Å². The van der Waals surface area contributed by atoms with Crippen molar-refractivity contribution in [3.63, 3.8) is 0 Å². The Balaban J connectivity index is 1.56. The lowest BCUT2D eigenvalue weighted by atomic mass is 9.99. The number of hydrogen-bond acceptors (Lipinski definition) is 3. The summed E-state index contributed by atoms with van der Waals surface area (Å²) in [6.07, 6.45) is 3.04. The Morgan fingerprint density at radius 2 is 2.00 bits per heavy atom. The average Bonchev–Trinajstić information content (AvgIpc) is 3.24. The predicted octanol–water partition coefficient (Wildman–Crippen LogP) is 1.82. The zero-order valence-corrected chi connectivity index (χ0v) is 12.6. The summed E-state index contributed by atoms with van der Waals surface area (Å²) in [6.45, 7) is 4.19. The van der Waals surface area contributed by atoms with Crippen LogP contribution in [0.25, 0.3) is 0 Å². The van der Waals surface area contributed by atoms with Gasteiger partial charge in [-0.15, -0.1) is 0 Å². The first-order valence-electron chi connectivity index (χ1n) is 7.92. The summed E-state index contributed by atoms with van der Waals surface area (Å²) >= 11 is 0. The van der Waals surface area contributed by atoms with Crippen LogP contribution in [-0.2, 0) is 11.2 Å². The molecule has 1 aromatic rings. The van der Waals surface area contributed by atoms with E-state index in [9.17, 15) is 4.79 Å². The summed E-state index contributed by atoms with van der Waals surface area (Å²) in [5.41, 5.74) is 7.22. The number of ether oxygens (including phenoxy) is 1. The molecule has 1 aromatic carbocycles. The van der Waals surface area contributed by atoms with Gasteiger partial charge in [0.2, 0.25) is 5.91 Å².